The molecule has 3 rings (SSSR count). The number of methoxy groups -OCH3 is 1. The Balaban J connectivity index is 1.97. The van der Waals surface area contributed by atoms with Gasteiger partial charge in [0.1, 0.15) is 0 Å². The molecule has 0 saturated carbocycles. The molecule has 0 N–H and O–H groups in total. The van der Waals surface area contributed by atoms with E-state index in [9.17, 15) is 4.79 Å². The van der Waals surface area contributed by atoms with Gasteiger partial charge in [-0.2, -0.15) is 0 Å². The molecule has 20 heavy (non-hydrogen) atoms. The van der Waals surface area contributed by atoms with Crippen molar-refractivity contribution in [3.8, 4) is 0 Å². The van der Waals surface area contributed by atoms with Crippen molar-refractivity contribution < 1.29 is 9.53 Å². The van der Waals surface area contributed by atoms with Crippen LogP contribution in [0, 0.1) is 9.49 Å². The first-order valence-electron chi connectivity index (χ1n) is 7.17. The van der Waals surface area contributed by atoms with E-state index in [1.54, 1.807) is 0 Å². The third-order valence-corrected chi connectivity index (χ3v) is 5.69. The highest BCUT2D eigenvalue weighted by atomic mass is 127. The van der Waals surface area contributed by atoms with E-state index in [1.165, 1.54) is 22.7 Å². The number of rotatable bonds is 2. The fraction of sp³-hybridized carbons (Fsp3) is 0.562. The second kappa shape index (κ2) is 5.64. The van der Waals surface area contributed by atoms with Gasteiger partial charge in [0.05, 0.1) is 13.0 Å². The second-order valence-electron chi connectivity index (χ2n) is 5.91. The lowest BCUT2D eigenvalue weighted by Crippen LogP contribution is -2.49. The minimum atomic E-state index is -0.0499. The molecule has 108 valence electrons. The number of carbonyl (C=O) groups excluding carboxylic acids is 1. The fourth-order valence-corrected chi connectivity index (χ4v) is 4.57. The van der Waals surface area contributed by atoms with Crippen molar-refractivity contribution in [3.05, 3.63) is 33.4 Å². The normalized spacial score (nSPS) is 33.1. The Labute approximate surface area is 133 Å². The van der Waals surface area contributed by atoms with Gasteiger partial charge in [-0.15, -0.1) is 0 Å². The Morgan fingerprint density at radius 3 is 2.90 bits per heavy atom. The Hall–Kier alpha value is -0.620. The quantitative estimate of drug-likeness (QED) is 0.579. The first kappa shape index (κ1) is 14.3. The number of carbonyl (C=O) groups is 1. The monoisotopic (exact) mass is 385 g/mol. The van der Waals surface area contributed by atoms with Crippen LogP contribution in [-0.2, 0) is 9.53 Å². The third-order valence-electron chi connectivity index (χ3n) is 5.02. The summed E-state index contributed by atoms with van der Waals surface area (Å²) in [5.41, 5.74) is 1.29. The average molecular weight is 385 g/mol. The molecule has 1 aromatic carbocycles. The highest BCUT2D eigenvalue weighted by molar-refractivity contribution is 14.1. The maximum absolute atomic E-state index is 12.3. The van der Waals surface area contributed by atoms with E-state index < -0.39 is 0 Å². The van der Waals surface area contributed by atoms with Crippen LogP contribution in [0.1, 0.15) is 30.7 Å². The minimum Gasteiger partial charge on any atom is -0.469 e. The van der Waals surface area contributed by atoms with Gasteiger partial charge in [-0.25, -0.2) is 0 Å². The predicted octanol–water partition coefficient (Wildman–Crippen LogP) is 3.03. The molecule has 2 bridgehead atoms. The lowest BCUT2D eigenvalue weighted by Gasteiger charge is -2.41. The summed E-state index contributed by atoms with van der Waals surface area (Å²) in [5.74, 6) is 0.221. The van der Waals surface area contributed by atoms with Crippen LogP contribution in [0.4, 0.5) is 0 Å². The molecule has 4 heteroatoms. The number of ether oxygens (including phenoxy) is 1. The van der Waals surface area contributed by atoms with Gasteiger partial charge >= 0.3 is 5.97 Å². The molecular weight excluding hydrogens is 365 g/mol. The van der Waals surface area contributed by atoms with Gasteiger partial charge in [0, 0.05) is 21.6 Å². The van der Waals surface area contributed by atoms with Crippen LogP contribution in [0.15, 0.2) is 24.3 Å². The first-order valence-corrected chi connectivity index (χ1v) is 8.25. The molecule has 2 heterocycles. The molecule has 2 aliphatic heterocycles. The number of hydrogen-bond acceptors (Lipinski definition) is 3. The van der Waals surface area contributed by atoms with Crippen molar-refractivity contribution in [3.63, 3.8) is 0 Å². The van der Waals surface area contributed by atoms with Crippen LogP contribution in [0.5, 0.6) is 0 Å². The molecule has 1 aromatic rings. The molecule has 0 aliphatic carbocycles. The highest BCUT2D eigenvalue weighted by Crippen LogP contribution is 2.46. The second-order valence-corrected chi connectivity index (χ2v) is 7.16. The van der Waals surface area contributed by atoms with Gasteiger partial charge in [0.2, 0.25) is 0 Å². The number of esters is 1. The zero-order chi connectivity index (χ0) is 14.3. The number of nitrogens with zero attached hydrogens (tertiary/aromatic N) is 1. The molecule has 0 aromatic heterocycles. The fourth-order valence-electron chi connectivity index (χ4n) is 4.00. The average Bonchev–Trinajstić information content (AvgIpc) is 2.69. The maximum Gasteiger partial charge on any atom is 0.310 e. The summed E-state index contributed by atoms with van der Waals surface area (Å²) >= 11 is 2.34. The van der Waals surface area contributed by atoms with Crippen LogP contribution in [0.2, 0.25) is 0 Å². The van der Waals surface area contributed by atoms with Crippen molar-refractivity contribution in [1.82, 2.24) is 4.90 Å². The highest BCUT2D eigenvalue weighted by Gasteiger charge is 2.49. The van der Waals surface area contributed by atoms with E-state index >= 15 is 0 Å². The van der Waals surface area contributed by atoms with E-state index in [1.807, 2.05) is 0 Å². The smallest absolute Gasteiger partial charge is 0.310 e. The lowest BCUT2D eigenvalue weighted by atomic mass is 9.76. The van der Waals surface area contributed by atoms with E-state index in [0.717, 1.165) is 12.8 Å². The SMILES string of the molecule is COC(=O)[C@@H]1[C@@H](c2cccc(I)c2)C[C@@H]2CC[C@H]1N2C. The van der Waals surface area contributed by atoms with Gasteiger partial charge in [0.15, 0.2) is 0 Å². The minimum absolute atomic E-state index is 0.0260. The zero-order valence-corrected chi connectivity index (χ0v) is 14.0. The molecule has 2 fully saturated rings. The Bertz CT molecular complexity index is 519. The number of piperidine rings is 1. The molecule has 0 spiro atoms. The number of benzene rings is 1. The Morgan fingerprint density at radius 1 is 1.40 bits per heavy atom. The number of hydrogen-bond donors (Lipinski definition) is 0. The number of fused-ring (bicyclic) bond motifs is 2. The van der Waals surface area contributed by atoms with Crippen molar-refractivity contribution in [1.29, 1.82) is 0 Å². The third kappa shape index (κ3) is 2.37. The molecule has 0 amide bonds. The molecule has 0 unspecified atom stereocenters. The van der Waals surface area contributed by atoms with E-state index in [-0.39, 0.29) is 11.9 Å². The largest absolute Gasteiger partial charge is 0.469 e. The summed E-state index contributed by atoms with van der Waals surface area (Å²) in [6, 6.07) is 9.51. The van der Waals surface area contributed by atoms with Gasteiger partial charge in [-0.05, 0) is 66.6 Å². The van der Waals surface area contributed by atoms with Crippen LogP contribution in [0.3, 0.4) is 0 Å². The standard InChI is InChI=1S/C16H20INO2/c1-18-12-6-7-14(18)15(16(19)20-2)13(9-12)10-4-3-5-11(17)8-10/h3-5,8,12-15H,6-7,9H2,1-2H3/t12-,13+,14+,15+/m0/s1. The Kier molecular flexibility index (Phi) is 4.04. The van der Waals surface area contributed by atoms with Crippen LogP contribution < -0.4 is 0 Å². The summed E-state index contributed by atoms with van der Waals surface area (Å²) < 4.78 is 6.33. The summed E-state index contributed by atoms with van der Waals surface area (Å²) in [6.07, 6.45) is 3.38. The summed E-state index contributed by atoms with van der Waals surface area (Å²) in [5, 5.41) is 0. The van der Waals surface area contributed by atoms with Gasteiger partial charge < -0.3 is 4.74 Å². The van der Waals surface area contributed by atoms with Crippen molar-refractivity contribution >= 4 is 28.6 Å². The summed E-state index contributed by atoms with van der Waals surface area (Å²) in [6.45, 7) is 0. The molecular formula is C16H20INO2. The lowest BCUT2D eigenvalue weighted by molar-refractivity contribution is -0.150. The molecule has 3 nitrogen and oxygen atoms in total. The van der Waals surface area contributed by atoms with Crippen molar-refractivity contribution in [2.75, 3.05) is 14.2 Å². The van der Waals surface area contributed by atoms with Crippen LogP contribution >= 0.6 is 22.6 Å². The zero-order valence-electron chi connectivity index (χ0n) is 11.9. The Morgan fingerprint density at radius 2 is 2.20 bits per heavy atom. The van der Waals surface area contributed by atoms with E-state index in [0.29, 0.717) is 18.0 Å². The molecule has 2 saturated heterocycles. The van der Waals surface area contributed by atoms with E-state index in [2.05, 4.69) is 58.8 Å². The number of halogens is 1. The van der Waals surface area contributed by atoms with Gasteiger partial charge in [-0.1, -0.05) is 12.1 Å². The topological polar surface area (TPSA) is 29.5 Å². The summed E-state index contributed by atoms with van der Waals surface area (Å²) in [4.78, 5) is 14.7. The maximum atomic E-state index is 12.3. The van der Waals surface area contributed by atoms with Crippen LogP contribution in [0.25, 0.3) is 0 Å². The van der Waals surface area contributed by atoms with Crippen molar-refractivity contribution in [2.45, 2.75) is 37.3 Å². The first-order chi connectivity index (χ1) is 9.61. The predicted molar refractivity (Wildman–Crippen MR) is 86.6 cm³/mol. The summed E-state index contributed by atoms with van der Waals surface area (Å²) in [7, 11) is 3.67. The van der Waals surface area contributed by atoms with Gasteiger partial charge in [-0.3, -0.25) is 9.69 Å². The van der Waals surface area contributed by atoms with E-state index in [4.69, 9.17) is 4.74 Å². The van der Waals surface area contributed by atoms with Gasteiger partial charge in [0.25, 0.3) is 0 Å². The van der Waals surface area contributed by atoms with Crippen molar-refractivity contribution in [2.24, 2.45) is 5.92 Å². The molecule has 0 radical (unpaired) electrons. The molecule has 2 aliphatic rings. The van der Waals surface area contributed by atoms with Crippen LogP contribution in [-0.4, -0.2) is 37.1 Å². The molecule has 4 atom stereocenters.